The van der Waals surface area contributed by atoms with Gasteiger partial charge in [0.05, 0.1) is 4.70 Å². The number of hydrogen-bond acceptors (Lipinski definition) is 4. The molecule has 1 heterocycles. The van der Waals surface area contributed by atoms with Crippen LogP contribution in [0.4, 0.5) is 9.52 Å². The van der Waals surface area contributed by atoms with E-state index in [2.05, 4.69) is 4.98 Å². The topological polar surface area (TPSA) is 64.9 Å². The molecule has 2 aromatic carbocycles. The number of halogens is 1. The summed E-state index contributed by atoms with van der Waals surface area (Å²) in [5.41, 5.74) is 14.5. The molecule has 0 aliphatic rings. The van der Waals surface area contributed by atoms with Gasteiger partial charge in [-0.05, 0) is 41.8 Å². The molecule has 0 atom stereocenters. The molecule has 0 amide bonds. The van der Waals surface area contributed by atoms with Crippen molar-refractivity contribution in [1.29, 1.82) is 0 Å². The van der Waals surface area contributed by atoms with Crippen LogP contribution in [0, 0.1) is 5.82 Å². The average Bonchev–Trinajstić information content (AvgIpc) is 2.81. The fourth-order valence-corrected chi connectivity index (χ4v) is 2.99. The minimum Gasteiger partial charge on any atom is -0.375 e. The largest absolute Gasteiger partial charge is 0.375 e. The molecule has 0 saturated carbocycles. The molecular formula is C15H14FN3S. The van der Waals surface area contributed by atoms with Crippen LogP contribution in [0.15, 0.2) is 36.4 Å². The van der Waals surface area contributed by atoms with Crippen LogP contribution in [-0.4, -0.2) is 11.5 Å². The van der Waals surface area contributed by atoms with Crippen LogP contribution in [0.3, 0.4) is 0 Å². The summed E-state index contributed by atoms with van der Waals surface area (Å²) in [6.45, 7) is 0.625. The van der Waals surface area contributed by atoms with Crippen LogP contribution in [0.25, 0.3) is 21.3 Å². The van der Waals surface area contributed by atoms with Gasteiger partial charge in [0, 0.05) is 0 Å². The van der Waals surface area contributed by atoms with E-state index in [1.807, 2.05) is 30.3 Å². The van der Waals surface area contributed by atoms with Gasteiger partial charge in [0.2, 0.25) is 0 Å². The molecule has 20 heavy (non-hydrogen) atoms. The van der Waals surface area contributed by atoms with Crippen LogP contribution in [0.2, 0.25) is 0 Å². The van der Waals surface area contributed by atoms with Crippen molar-refractivity contribution in [2.45, 2.75) is 6.42 Å². The molecule has 0 unspecified atom stereocenters. The van der Waals surface area contributed by atoms with Crippen LogP contribution in [0.1, 0.15) is 5.56 Å². The first-order chi connectivity index (χ1) is 9.67. The molecule has 0 radical (unpaired) electrons. The zero-order valence-corrected chi connectivity index (χ0v) is 11.6. The predicted molar refractivity (Wildman–Crippen MR) is 82.2 cm³/mol. The number of benzene rings is 2. The van der Waals surface area contributed by atoms with E-state index < -0.39 is 0 Å². The van der Waals surface area contributed by atoms with Crippen molar-refractivity contribution in [3.05, 3.63) is 47.8 Å². The summed E-state index contributed by atoms with van der Waals surface area (Å²) in [5.74, 6) is -0.337. The highest BCUT2D eigenvalue weighted by Gasteiger charge is 2.10. The summed E-state index contributed by atoms with van der Waals surface area (Å²) in [5, 5.41) is 0.384. The predicted octanol–water partition coefficient (Wildman–Crippen LogP) is 3.19. The SMILES string of the molecule is NCCc1ccc(-c2cc(F)c3nc(N)sc3c2)cc1. The zero-order chi connectivity index (χ0) is 14.1. The van der Waals surface area contributed by atoms with E-state index in [0.29, 0.717) is 17.2 Å². The fraction of sp³-hybridized carbons (Fsp3) is 0.133. The molecule has 0 saturated heterocycles. The Labute approximate surface area is 120 Å². The van der Waals surface area contributed by atoms with Gasteiger partial charge in [0.1, 0.15) is 5.52 Å². The van der Waals surface area contributed by atoms with Crippen LogP contribution in [0.5, 0.6) is 0 Å². The number of nitrogens with zero attached hydrogens (tertiary/aromatic N) is 1. The quantitative estimate of drug-likeness (QED) is 0.777. The average molecular weight is 287 g/mol. The van der Waals surface area contributed by atoms with Crippen molar-refractivity contribution in [1.82, 2.24) is 4.98 Å². The van der Waals surface area contributed by atoms with Gasteiger partial charge in [-0.1, -0.05) is 35.6 Å². The highest BCUT2D eigenvalue weighted by molar-refractivity contribution is 7.22. The Morgan fingerprint density at radius 3 is 2.55 bits per heavy atom. The maximum Gasteiger partial charge on any atom is 0.181 e. The molecule has 3 rings (SSSR count). The minimum atomic E-state index is -0.337. The Bertz CT molecular complexity index is 750. The number of hydrogen-bond donors (Lipinski definition) is 2. The Hall–Kier alpha value is -1.98. The molecule has 0 fully saturated rings. The van der Waals surface area contributed by atoms with Gasteiger partial charge >= 0.3 is 0 Å². The molecule has 0 bridgehead atoms. The van der Waals surface area contributed by atoms with Gasteiger partial charge in [-0.3, -0.25) is 0 Å². The normalized spacial score (nSPS) is 11.1. The third-order valence-electron chi connectivity index (χ3n) is 3.19. The van der Waals surface area contributed by atoms with Crippen LogP contribution >= 0.6 is 11.3 Å². The van der Waals surface area contributed by atoms with Gasteiger partial charge < -0.3 is 11.5 Å². The third-order valence-corrected chi connectivity index (χ3v) is 4.02. The monoisotopic (exact) mass is 287 g/mol. The van der Waals surface area contributed by atoms with Gasteiger partial charge in [0.25, 0.3) is 0 Å². The van der Waals surface area contributed by atoms with Crippen molar-refractivity contribution in [3.8, 4) is 11.1 Å². The van der Waals surface area contributed by atoms with E-state index in [1.54, 1.807) is 0 Å². The van der Waals surface area contributed by atoms with Crippen molar-refractivity contribution in [2.24, 2.45) is 5.73 Å². The summed E-state index contributed by atoms with van der Waals surface area (Å²) < 4.78 is 14.8. The molecule has 0 aliphatic heterocycles. The first-order valence-electron chi connectivity index (χ1n) is 6.32. The van der Waals surface area contributed by atoms with Crippen LogP contribution in [-0.2, 0) is 6.42 Å². The van der Waals surface area contributed by atoms with Gasteiger partial charge in [-0.2, -0.15) is 0 Å². The van der Waals surface area contributed by atoms with Crippen molar-refractivity contribution < 1.29 is 4.39 Å². The summed E-state index contributed by atoms with van der Waals surface area (Å²) in [6, 6.07) is 11.4. The highest BCUT2D eigenvalue weighted by atomic mass is 32.1. The number of nitrogen functional groups attached to an aromatic ring is 1. The molecule has 1 aromatic heterocycles. The summed E-state index contributed by atoms with van der Waals surface area (Å²) >= 11 is 1.30. The van der Waals surface area contributed by atoms with Crippen LogP contribution < -0.4 is 11.5 Å². The highest BCUT2D eigenvalue weighted by Crippen LogP contribution is 2.31. The molecular weight excluding hydrogens is 273 g/mol. The summed E-state index contributed by atoms with van der Waals surface area (Å²) in [6.07, 6.45) is 0.846. The molecule has 102 valence electrons. The zero-order valence-electron chi connectivity index (χ0n) is 10.8. The third kappa shape index (κ3) is 2.37. The summed E-state index contributed by atoms with van der Waals surface area (Å²) in [7, 11) is 0. The van der Waals surface area contributed by atoms with E-state index in [1.165, 1.54) is 23.0 Å². The second-order valence-corrected chi connectivity index (χ2v) is 5.65. The lowest BCUT2D eigenvalue weighted by molar-refractivity contribution is 0.638. The van der Waals surface area contributed by atoms with E-state index in [-0.39, 0.29) is 5.82 Å². The molecule has 5 heteroatoms. The van der Waals surface area contributed by atoms with Gasteiger partial charge in [0.15, 0.2) is 10.9 Å². The maximum atomic E-state index is 14.0. The number of nitrogens with two attached hydrogens (primary N) is 2. The fourth-order valence-electron chi connectivity index (χ4n) is 2.20. The first kappa shape index (κ1) is 13.0. The van der Waals surface area contributed by atoms with E-state index in [9.17, 15) is 4.39 Å². The lowest BCUT2D eigenvalue weighted by Crippen LogP contribution is -2.02. The molecule has 4 N–H and O–H groups in total. The Morgan fingerprint density at radius 2 is 1.85 bits per heavy atom. The Morgan fingerprint density at radius 1 is 1.10 bits per heavy atom. The smallest absolute Gasteiger partial charge is 0.181 e. The standard InChI is InChI=1S/C15H14FN3S/c16-12-7-11(8-13-14(12)19-15(18)20-13)10-3-1-9(2-4-10)5-6-17/h1-4,7-8H,5-6,17H2,(H2,18,19). The molecule has 3 nitrogen and oxygen atoms in total. The first-order valence-corrected chi connectivity index (χ1v) is 7.14. The minimum absolute atomic E-state index is 0.337. The second kappa shape index (κ2) is 5.19. The second-order valence-electron chi connectivity index (χ2n) is 4.59. The maximum absolute atomic E-state index is 14.0. The van der Waals surface area contributed by atoms with E-state index in [0.717, 1.165) is 22.2 Å². The molecule has 0 spiro atoms. The lowest BCUT2D eigenvalue weighted by Gasteiger charge is -2.04. The number of fused-ring (bicyclic) bond motifs is 1. The van der Waals surface area contributed by atoms with E-state index >= 15 is 0 Å². The van der Waals surface area contributed by atoms with Crippen molar-refractivity contribution >= 4 is 26.7 Å². The van der Waals surface area contributed by atoms with E-state index in [4.69, 9.17) is 11.5 Å². The lowest BCUT2D eigenvalue weighted by atomic mass is 10.0. The Kier molecular flexibility index (Phi) is 3.38. The molecule has 3 aromatic rings. The number of anilines is 1. The Balaban J connectivity index is 2.04. The van der Waals surface area contributed by atoms with Crippen molar-refractivity contribution in [3.63, 3.8) is 0 Å². The van der Waals surface area contributed by atoms with Gasteiger partial charge in [-0.25, -0.2) is 9.37 Å². The van der Waals surface area contributed by atoms with Crippen molar-refractivity contribution in [2.75, 3.05) is 12.3 Å². The number of aromatic nitrogens is 1. The number of thiazole rings is 1. The summed E-state index contributed by atoms with van der Waals surface area (Å²) in [4.78, 5) is 3.99. The number of rotatable bonds is 3. The van der Waals surface area contributed by atoms with Gasteiger partial charge in [-0.15, -0.1) is 0 Å². The molecule has 0 aliphatic carbocycles.